The zero-order chi connectivity index (χ0) is 13.4. The summed E-state index contributed by atoms with van der Waals surface area (Å²) in [5, 5.41) is 16.5. The van der Waals surface area contributed by atoms with Gasteiger partial charge in [0.25, 0.3) is 5.69 Å². The maximum Gasteiger partial charge on any atom is 0.273 e. The molecule has 0 bridgehead atoms. The molecule has 98 valence electrons. The lowest BCUT2D eigenvalue weighted by molar-refractivity contribution is -0.385. The Morgan fingerprint density at radius 3 is 2.72 bits per heavy atom. The van der Waals surface area contributed by atoms with E-state index in [0.717, 1.165) is 6.54 Å². The molecule has 1 amide bonds. The highest BCUT2D eigenvalue weighted by atomic mass is 16.6. The number of hydrogen-bond acceptors (Lipinski definition) is 4. The highest BCUT2D eigenvalue weighted by molar-refractivity contribution is 5.79. The average molecular weight is 251 g/mol. The first-order valence-electron chi connectivity index (χ1n) is 5.85. The lowest BCUT2D eigenvalue weighted by atomic mass is 10.1. The van der Waals surface area contributed by atoms with E-state index in [-0.39, 0.29) is 18.0 Å². The molecule has 2 N–H and O–H groups in total. The van der Waals surface area contributed by atoms with Crippen molar-refractivity contribution in [2.75, 3.05) is 19.6 Å². The molecule has 0 aliphatic rings. The van der Waals surface area contributed by atoms with Gasteiger partial charge in [0, 0.05) is 24.7 Å². The van der Waals surface area contributed by atoms with E-state index >= 15 is 0 Å². The number of nitro benzene ring substituents is 1. The molecule has 0 saturated carbocycles. The SMILES string of the molecule is CCNCCNC(=O)Cc1ccccc1[N+](=O)[O-]. The van der Waals surface area contributed by atoms with Crippen molar-refractivity contribution in [3.63, 3.8) is 0 Å². The van der Waals surface area contributed by atoms with E-state index < -0.39 is 4.92 Å². The monoisotopic (exact) mass is 251 g/mol. The van der Waals surface area contributed by atoms with E-state index in [2.05, 4.69) is 10.6 Å². The smallest absolute Gasteiger partial charge is 0.273 e. The first kappa shape index (κ1) is 14.1. The molecule has 18 heavy (non-hydrogen) atoms. The van der Waals surface area contributed by atoms with Crippen LogP contribution in [0.2, 0.25) is 0 Å². The van der Waals surface area contributed by atoms with Crippen molar-refractivity contribution in [1.29, 1.82) is 0 Å². The van der Waals surface area contributed by atoms with Crippen LogP contribution in [0, 0.1) is 10.1 Å². The van der Waals surface area contributed by atoms with Crippen LogP contribution in [0.4, 0.5) is 5.69 Å². The summed E-state index contributed by atoms with van der Waals surface area (Å²) in [5.74, 6) is -0.206. The fraction of sp³-hybridized carbons (Fsp3) is 0.417. The van der Waals surface area contributed by atoms with Gasteiger partial charge in [0.05, 0.1) is 11.3 Å². The van der Waals surface area contributed by atoms with Gasteiger partial charge in [-0.2, -0.15) is 0 Å². The molecule has 0 saturated heterocycles. The molecular formula is C12H17N3O3. The van der Waals surface area contributed by atoms with Gasteiger partial charge in [-0.25, -0.2) is 0 Å². The molecule has 6 nitrogen and oxygen atoms in total. The van der Waals surface area contributed by atoms with E-state index in [9.17, 15) is 14.9 Å². The minimum absolute atomic E-state index is 0.0145. The Morgan fingerprint density at radius 1 is 1.33 bits per heavy atom. The number of nitrogens with zero attached hydrogens (tertiary/aromatic N) is 1. The third kappa shape index (κ3) is 4.50. The van der Waals surface area contributed by atoms with Crippen molar-refractivity contribution in [2.45, 2.75) is 13.3 Å². The molecular weight excluding hydrogens is 234 g/mol. The molecule has 0 atom stereocenters. The van der Waals surface area contributed by atoms with Gasteiger partial charge in [0.15, 0.2) is 0 Å². The average Bonchev–Trinajstić information content (AvgIpc) is 2.35. The molecule has 0 spiro atoms. The Hall–Kier alpha value is -1.95. The van der Waals surface area contributed by atoms with Gasteiger partial charge in [0.2, 0.25) is 5.91 Å². The van der Waals surface area contributed by atoms with Crippen molar-refractivity contribution >= 4 is 11.6 Å². The van der Waals surface area contributed by atoms with E-state index in [0.29, 0.717) is 18.7 Å². The van der Waals surface area contributed by atoms with Gasteiger partial charge in [0.1, 0.15) is 0 Å². The molecule has 0 aromatic heterocycles. The van der Waals surface area contributed by atoms with Crippen LogP contribution in [0.3, 0.4) is 0 Å². The molecule has 0 fully saturated rings. The molecule has 0 aliphatic carbocycles. The Balaban J connectivity index is 2.51. The Labute approximate surface area is 106 Å². The zero-order valence-electron chi connectivity index (χ0n) is 10.3. The summed E-state index contributed by atoms with van der Waals surface area (Å²) in [6.45, 7) is 4.04. The summed E-state index contributed by atoms with van der Waals surface area (Å²) in [7, 11) is 0. The summed E-state index contributed by atoms with van der Waals surface area (Å²) >= 11 is 0. The molecule has 0 aliphatic heterocycles. The maximum atomic E-state index is 11.6. The second-order valence-corrected chi connectivity index (χ2v) is 3.77. The Kier molecular flexibility index (Phi) is 5.79. The Morgan fingerprint density at radius 2 is 2.06 bits per heavy atom. The van der Waals surface area contributed by atoms with Crippen LogP contribution in [0.5, 0.6) is 0 Å². The topological polar surface area (TPSA) is 84.3 Å². The van der Waals surface area contributed by atoms with Crippen LogP contribution >= 0.6 is 0 Å². The number of hydrogen-bond donors (Lipinski definition) is 2. The summed E-state index contributed by atoms with van der Waals surface area (Å²) in [4.78, 5) is 21.9. The second kappa shape index (κ2) is 7.39. The van der Waals surface area contributed by atoms with Gasteiger partial charge in [-0.1, -0.05) is 25.1 Å². The number of carbonyl (C=O) groups is 1. The lowest BCUT2D eigenvalue weighted by Gasteiger charge is -2.06. The van der Waals surface area contributed by atoms with Crippen molar-refractivity contribution in [1.82, 2.24) is 10.6 Å². The molecule has 0 unspecified atom stereocenters. The predicted octanol–water partition coefficient (Wildman–Crippen LogP) is 0.863. The fourth-order valence-corrected chi connectivity index (χ4v) is 1.54. The third-order valence-electron chi connectivity index (χ3n) is 2.41. The second-order valence-electron chi connectivity index (χ2n) is 3.77. The summed E-state index contributed by atoms with van der Waals surface area (Å²) < 4.78 is 0. The highest BCUT2D eigenvalue weighted by Crippen LogP contribution is 2.17. The number of amides is 1. The number of likely N-dealkylation sites (N-methyl/N-ethyl adjacent to an activating group) is 1. The molecule has 1 aromatic rings. The van der Waals surface area contributed by atoms with Crippen molar-refractivity contribution in [3.05, 3.63) is 39.9 Å². The standard InChI is InChI=1S/C12H17N3O3/c1-2-13-7-8-14-12(16)9-10-5-3-4-6-11(10)15(17)18/h3-6,13H,2,7-9H2,1H3,(H,14,16). The van der Waals surface area contributed by atoms with Crippen LogP contribution in [-0.4, -0.2) is 30.5 Å². The van der Waals surface area contributed by atoms with Gasteiger partial charge in [-0.15, -0.1) is 0 Å². The quantitative estimate of drug-likeness (QED) is 0.427. The van der Waals surface area contributed by atoms with E-state index in [1.54, 1.807) is 18.2 Å². The minimum atomic E-state index is -0.471. The van der Waals surface area contributed by atoms with E-state index in [1.807, 2.05) is 6.92 Å². The van der Waals surface area contributed by atoms with E-state index in [4.69, 9.17) is 0 Å². The summed E-state index contributed by atoms with van der Waals surface area (Å²) in [6.07, 6.45) is 0.0310. The predicted molar refractivity (Wildman–Crippen MR) is 68.4 cm³/mol. The minimum Gasteiger partial charge on any atom is -0.355 e. The molecule has 6 heteroatoms. The largest absolute Gasteiger partial charge is 0.355 e. The van der Waals surface area contributed by atoms with Gasteiger partial charge in [-0.05, 0) is 6.54 Å². The molecule has 1 rings (SSSR count). The maximum absolute atomic E-state index is 11.6. The van der Waals surface area contributed by atoms with Crippen LogP contribution < -0.4 is 10.6 Å². The molecule has 0 radical (unpaired) electrons. The van der Waals surface area contributed by atoms with E-state index in [1.165, 1.54) is 6.07 Å². The lowest BCUT2D eigenvalue weighted by Crippen LogP contribution is -2.32. The first-order chi connectivity index (χ1) is 8.65. The van der Waals surface area contributed by atoms with Crippen molar-refractivity contribution in [3.8, 4) is 0 Å². The van der Waals surface area contributed by atoms with Crippen molar-refractivity contribution in [2.24, 2.45) is 0 Å². The van der Waals surface area contributed by atoms with Gasteiger partial charge < -0.3 is 10.6 Å². The number of nitrogens with one attached hydrogen (secondary N) is 2. The number of rotatable bonds is 7. The fourth-order valence-electron chi connectivity index (χ4n) is 1.54. The number of para-hydroxylation sites is 1. The number of nitro groups is 1. The van der Waals surface area contributed by atoms with Crippen LogP contribution in [0.25, 0.3) is 0 Å². The highest BCUT2D eigenvalue weighted by Gasteiger charge is 2.14. The van der Waals surface area contributed by atoms with Gasteiger partial charge >= 0.3 is 0 Å². The summed E-state index contributed by atoms with van der Waals surface area (Å²) in [6, 6.07) is 6.28. The van der Waals surface area contributed by atoms with Crippen molar-refractivity contribution < 1.29 is 9.72 Å². The Bertz CT molecular complexity index is 421. The van der Waals surface area contributed by atoms with Crippen LogP contribution in [0.1, 0.15) is 12.5 Å². The normalized spacial score (nSPS) is 10.1. The van der Waals surface area contributed by atoms with Crippen LogP contribution in [-0.2, 0) is 11.2 Å². The third-order valence-corrected chi connectivity index (χ3v) is 2.41. The number of benzene rings is 1. The summed E-state index contributed by atoms with van der Waals surface area (Å²) in [5.41, 5.74) is 0.419. The molecule has 0 heterocycles. The molecule has 1 aromatic carbocycles. The van der Waals surface area contributed by atoms with Crippen LogP contribution in [0.15, 0.2) is 24.3 Å². The number of carbonyl (C=O) groups excluding carboxylic acids is 1. The van der Waals surface area contributed by atoms with Gasteiger partial charge in [-0.3, -0.25) is 14.9 Å². The zero-order valence-corrected chi connectivity index (χ0v) is 10.3. The first-order valence-corrected chi connectivity index (χ1v) is 5.85.